The Balaban J connectivity index is 1.40. The fourth-order valence-electron chi connectivity index (χ4n) is 5.35. The van der Waals surface area contributed by atoms with Crippen molar-refractivity contribution in [3.63, 3.8) is 0 Å². The number of amides is 2. The van der Waals surface area contributed by atoms with Gasteiger partial charge in [0.1, 0.15) is 0 Å². The van der Waals surface area contributed by atoms with Crippen molar-refractivity contribution in [1.29, 1.82) is 0 Å². The smallest absolute Gasteiger partial charge is 0.225 e. The number of rotatable bonds is 4. The minimum atomic E-state index is 0.181. The molecule has 0 aromatic carbocycles. The third-order valence-electron chi connectivity index (χ3n) is 6.57. The van der Waals surface area contributed by atoms with Crippen molar-refractivity contribution < 1.29 is 9.59 Å². The number of hydrogen-bond acceptors (Lipinski definition) is 2. The zero-order chi connectivity index (χ0) is 17.8. The Morgan fingerprint density at radius 1 is 0.920 bits per heavy atom. The molecule has 0 unspecified atom stereocenters. The summed E-state index contributed by atoms with van der Waals surface area (Å²) < 4.78 is 0. The van der Waals surface area contributed by atoms with Crippen molar-refractivity contribution in [2.45, 2.75) is 84.1 Å². The van der Waals surface area contributed by atoms with E-state index in [9.17, 15) is 9.59 Å². The van der Waals surface area contributed by atoms with Crippen LogP contribution in [0.5, 0.6) is 0 Å². The summed E-state index contributed by atoms with van der Waals surface area (Å²) in [6.07, 6.45) is 10.8. The molecular formula is C21H36N2O2. The van der Waals surface area contributed by atoms with Crippen LogP contribution < -0.4 is 5.32 Å². The van der Waals surface area contributed by atoms with E-state index in [-0.39, 0.29) is 17.9 Å². The molecular weight excluding hydrogens is 312 g/mol. The second kappa shape index (κ2) is 8.55. The van der Waals surface area contributed by atoms with Gasteiger partial charge in [0.2, 0.25) is 11.8 Å². The lowest BCUT2D eigenvalue weighted by molar-refractivity contribution is -0.139. The van der Waals surface area contributed by atoms with Crippen LogP contribution in [0, 0.1) is 23.7 Å². The van der Waals surface area contributed by atoms with Gasteiger partial charge in [-0.2, -0.15) is 0 Å². The number of carbonyl (C=O) groups is 2. The Labute approximate surface area is 153 Å². The summed E-state index contributed by atoms with van der Waals surface area (Å²) in [5.41, 5.74) is 0. The van der Waals surface area contributed by atoms with Gasteiger partial charge in [0.15, 0.2) is 0 Å². The molecule has 3 fully saturated rings. The van der Waals surface area contributed by atoms with Crippen molar-refractivity contribution in [3.05, 3.63) is 0 Å². The van der Waals surface area contributed by atoms with Crippen molar-refractivity contribution in [1.82, 2.24) is 10.2 Å². The van der Waals surface area contributed by atoms with Crippen LogP contribution in [0.2, 0.25) is 0 Å². The molecule has 3 rings (SSSR count). The molecule has 4 heteroatoms. The van der Waals surface area contributed by atoms with Gasteiger partial charge in [-0.3, -0.25) is 9.59 Å². The monoisotopic (exact) mass is 348 g/mol. The van der Waals surface area contributed by atoms with Gasteiger partial charge in [-0.1, -0.05) is 26.7 Å². The average Bonchev–Trinajstić information content (AvgIpc) is 3.07. The van der Waals surface area contributed by atoms with Crippen molar-refractivity contribution >= 4 is 11.8 Å². The number of piperidine rings is 1. The lowest BCUT2D eigenvalue weighted by atomic mass is 9.83. The predicted octanol–water partition coefficient (Wildman–Crippen LogP) is 3.75. The van der Waals surface area contributed by atoms with Gasteiger partial charge in [-0.05, 0) is 62.7 Å². The van der Waals surface area contributed by atoms with E-state index in [1.807, 2.05) is 0 Å². The Morgan fingerprint density at radius 3 is 2.12 bits per heavy atom. The number of likely N-dealkylation sites (tertiary alicyclic amines) is 1. The first-order chi connectivity index (χ1) is 12.0. The SMILES string of the molecule is C[C@@H]1C[C@H](C)CN(C(=O)C2CCC(NC(=O)CC3CCCC3)CC2)C1. The molecule has 1 N–H and O–H groups in total. The number of hydrogen-bond donors (Lipinski definition) is 1. The molecule has 3 aliphatic rings. The van der Waals surface area contributed by atoms with E-state index in [2.05, 4.69) is 24.1 Å². The Kier molecular flexibility index (Phi) is 6.40. The third kappa shape index (κ3) is 5.21. The first-order valence-electron chi connectivity index (χ1n) is 10.6. The molecule has 25 heavy (non-hydrogen) atoms. The van der Waals surface area contributed by atoms with Gasteiger partial charge in [0.25, 0.3) is 0 Å². The quantitative estimate of drug-likeness (QED) is 0.841. The fourth-order valence-corrected chi connectivity index (χ4v) is 5.35. The Morgan fingerprint density at radius 2 is 1.52 bits per heavy atom. The van der Waals surface area contributed by atoms with Gasteiger partial charge in [0, 0.05) is 31.5 Å². The Bertz CT molecular complexity index is 455. The normalized spacial score (nSPS) is 34.1. The lowest BCUT2D eigenvalue weighted by Crippen LogP contribution is -2.47. The van der Waals surface area contributed by atoms with E-state index in [1.54, 1.807) is 0 Å². The minimum absolute atomic E-state index is 0.181. The highest BCUT2D eigenvalue weighted by Gasteiger charge is 2.33. The second-order valence-electron chi connectivity index (χ2n) is 9.16. The molecule has 1 heterocycles. The summed E-state index contributed by atoms with van der Waals surface area (Å²) in [5.74, 6) is 2.65. The first kappa shape index (κ1) is 18.7. The molecule has 2 aliphatic carbocycles. The predicted molar refractivity (Wildman–Crippen MR) is 100.0 cm³/mol. The highest BCUT2D eigenvalue weighted by Crippen LogP contribution is 2.30. The largest absolute Gasteiger partial charge is 0.353 e. The van der Waals surface area contributed by atoms with E-state index in [1.165, 1.54) is 32.1 Å². The van der Waals surface area contributed by atoms with Crippen molar-refractivity contribution in [3.8, 4) is 0 Å². The molecule has 2 atom stereocenters. The van der Waals surface area contributed by atoms with Crippen LogP contribution in [-0.2, 0) is 9.59 Å². The molecule has 2 amide bonds. The molecule has 4 nitrogen and oxygen atoms in total. The molecule has 1 saturated heterocycles. The van der Waals surface area contributed by atoms with Crippen molar-refractivity contribution in [2.75, 3.05) is 13.1 Å². The molecule has 0 bridgehead atoms. The van der Waals surface area contributed by atoms with E-state index in [0.717, 1.165) is 38.8 Å². The molecule has 0 aromatic rings. The van der Waals surface area contributed by atoms with E-state index in [4.69, 9.17) is 0 Å². The first-order valence-corrected chi connectivity index (χ1v) is 10.6. The molecule has 0 aromatic heterocycles. The summed E-state index contributed by atoms with van der Waals surface area (Å²) in [5, 5.41) is 3.24. The van der Waals surface area contributed by atoms with E-state index >= 15 is 0 Å². The lowest BCUT2D eigenvalue weighted by Gasteiger charge is -2.38. The van der Waals surface area contributed by atoms with E-state index in [0.29, 0.717) is 30.1 Å². The maximum absolute atomic E-state index is 12.8. The average molecular weight is 349 g/mol. The van der Waals surface area contributed by atoms with Gasteiger partial charge in [-0.15, -0.1) is 0 Å². The summed E-state index contributed by atoms with van der Waals surface area (Å²) in [7, 11) is 0. The van der Waals surface area contributed by atoms with Gasteiger partial charge < -0.3 is 10.2 Å². The van der Waals surface area contributed by atoms with Crippen LogP contribution in [0.1, 0.15) is 78.1 Å². The summed E-state index contributed by atoms with van der Waals surface area (Å²) in [4.78, 5) is 27.2. The number of nitrogens with zero attached hydrogens (tertiary/aromatic N) is 1. The zero-order valence-electron chi connectivity index (χ0n) is 16.1. The van der Waals surface area contributed by atoms with Crippen LogP contribution in [0.15, 0.2) is 0 Å². The van der Waals surface area contributed by atoms with Crippen LogP contribution in [0.4, 0.5) is 0 Å². The maximum Gasteiger partial charge on any atom is 0.225 e. The van der Waals surface area contributed by atoms with Crippen LogP contribution >= 0.6 is 0 Å². The van der Waals surface area contributed by atoms with Gasteiger partial charge >= 0.3 is 0 Å². The fraction of sp³-hybridized carbons (Fsp3) is 0.905. The highest BCUT2D eigenvalue weighted by molar-refractivity contribution is 5.79. The minimum Gasteiger partial charge on any atom is -0.353 e. The van der Waals surface area contributed by atoms with Crippen LogP contribution in [0.3, 0.4) is 0 Å². The highest BCUT2D eigenvalue weighted by atomic mass is 16.2. The van der Waals surface area contributed by atoms with E-state index < -0.39 is 0 Å². The molecule has 1 aliphatic heterocycles. The summed E-state index contributed by atoms with van der Waals surface area (Å²) in [6, 6.07) is 0.289. The van der Waals surface area contributed by atoms with Crippen LogP contribution in [-0.4, -0.2) is 35.8 Å². The van der Waals surface area contributed by atoms with Gasteiger partial charge in [0.05, 0.1) is 0 Å². The molecule has 0 spiro atoms. The number of nitrogens with one attached hydrogen (secondary N) is 1. The molecule has 0 radical (unpaired) electrons. The topological polar surface area (TPSA) is 49.4 Å². The Hall–Kier alpha value is -1.06. The molecule has 142 valence electrons. The van der Waals surface area contributed by atoms with Gasteiger partial charge in [-0.25, -0.2) is 0 Å². The standard InChI is InChI=1S/C21H36N2O2/c1-15-11-16(2)14-23(13-15)21(25)18-7-9-19(10-8-18)22-20(24)12-17-5-3-4-6-17/h15-19H,3-14H2,1-2H3,(H,22,24)/t15-,16+,18?,19?. The third-order valence-corrected chi connectivity index (χ3v) is 6.57. The van der Waals surface area contributed by atoms with Crippen LogP contribution in [0.25, 0.3) is 0 Å². The maximum atomic E-state index is 12.8. The number of carbonyl (C=O) groups excluding carboxylic acids is 2. The second-order valence-corrected chi connectivity index (χ2v) is 9.16. The summed E-state index contributed by atoms with van der Waals surface area (Å²) >= 11 is 0. The molecule has 2 saturated carbocycles. The zero-order valence-corrected chi connectivity index (χ0v) is 16.1. The van der Waals surface area contributed by atoms with Crippen molar-refractivity contribution in [2.24, 2.45) is 23.7 Å². The summed E-state index contributed by atoms with van der Waals surface area (Å²) in [6.45, 7) is 6.38.